The summed E-state index contributed by atoms with van der Waals surface area (Å²) >= 11 is 0. The summed E-state index contributed by atoms with van der Waals surface area (Å²) in [5, 5.41) is 29.1. The summed E-state index contributed by atoms with van der Waals surface area (Å²) in [5.74, 6) is 0.129. The number of likely N-dealkylation sites (tertiary alicyclic amines) is 1. The average molecular weight is 361 g/mol. The van der Waals surface area contributed by atoms with Gasteiger partial charge in [0.05, 0.1) is 23.5 Å². The number of halogens is 3. The van der Waals surface area contributed by atoms with E-state index in [4.69, 9.17) is 0 Å². The SMILES string of the molecule is OC1[C@H](O)CN(C[C@H]2CCN(c3ccncc3C(F)(F)F)C2)C[C@@H]1O. The summed E-state index contributed by atoms with van der Waals surface area (Å²) in [5.41, 5.74) is -0.596. The van der Waals surface area contributed by atoms with Gasteiger partial charge < -0.3 is 20.2 Å². The highest BCUT2D eigenvalue weighted by Gasteiger charge is 2.38. The van der Waals surface area contributed by atoms with Crippen molar-refractivity contribution in [2.24, 2.45) is 5.92 Å². The number of aromatic nitrogens is 1. The molecule has 2 saturated heterocycles. The third kappa shape index (κ3) is 4.05. The van der Waals surface area contributed by atoms with Gasteiger partial charge in [-0.3, -0.25) is 9.88 Å². The van der Waals surface area contributed by atoms with Crippen LogP contribution in [0.3, 0.4) is 0 Å². The zero-order valence-corrected chi connectivity index (χ0v) is 13.6. The summed E-state index contributed by atoms with van der Waals surface area (Å²) in [6, 6.07) is 1.38. The molecule has 0 spiro atoms. The Labute approximate surface area is 143 Å². The van der Waals surface area contributed by atoms with Gasteiger partial charge in [0.25, 0.3) is 0 Å². The molecular weight excluding hydrogens is 339 g/mol. The molecule has 3 N–H and O–H groups in total. The van der Waals surface area contributed by atoms with E-state index < -0.39 is 30.1 Å². The third-order valence-electron chi connectivity index (χ3n) is 4.93. The predicted molar refractivity (Wildman–Crippen MR) is 84.0 cm³/mol. The van der Waals surface area contributed by atoms with Crippen LogP contribution in [0.15, 0.2) is 18.5 Å². The first-order valence-electron chi connectivity index (χ1n) is 8.28. The Morgan fingerprint density at radius 2 is 1.80 bits per heavy atom. The van der Waals surface area contributed by atoms with Gasteiger partial charge in [0, 0.05) is 45.1 Å². The van der Waals surface area contributed by atoms with Crippen LogP contribution in [0, 0.1) is 5.92 Å². The van der Waals surface area contributed by atoms with Crippen molar-refractivity contribution in [2.75, 3.05) is 37.6 Å². The molecule has 4 atom stereocenters. The fraction of sp³-hybridized carbons (Fsp3) is 0.688. The minimum Gasteiger partial charge on any atom is -0.389 e. The number of aliphatic hydroxyl groups is 3. The maximum Gasteiger partial charge on any atom is 0.419 e. The van der Waals surface area contributed by atoms with Gasteiger partial charge in [0.2, 0.25) is 0 Å². The molecule has 3 heterocycles. The van der Waals surface area contributed by atoms with Crippen LogP contribution in [0.4, 0.5) is 18.9 Å². The van der Waals surface area contributed by atoms with E-state index >= 15 is 0 Å². The predicted octanol–water partition coefficient (Wildman–Crippen LogP) is 0.325. The minimum atomic E-state index is -4.45. The quantitative estimate of drug-likeness (QED) is 0.720. The van der Waals surface area contributed by atoms with Crippen LogP contribution >= 0.6 is 0 Å². The van der Waals surface area contributed by atoms with Crippen LogP contribution in [-0.2, 0) is 6.18 Å². The van der Waals surface area contributed by atoms with E-state index in [-0.39, 0.29) is 24.7 Å². The number of piperidine rings is 1. The molecular formula is C16H22F3N3O3. The van der Waals surface area contributed by atoms with E-state index in [1.165, 1.54) is 12.3 Å². The number of rotatable bonds is 3. The summed E-state index contributed by atoms with van der Waals surface area (Å²) in [6.45, 7) is 2.04. The second kappa shape index (κ2) is 7.06. The molecule has 0 bridgehead atoms. The molecule has 1 aromatic rings. The summed E-state index contributed by atoms with van der Waals surface area (Å²) in [4.78, 5) is 7.15. The van der Waals surface area contributed by atoms with Crippen molar-refractivity contribution in [3.05, 3.63) is 24.0 Å². The van der Waals surface area contributed by atoms with Gasteiger partial charge in [-0.25, -0.2) is 0 Å². The molecule has 2 aliphatic rings. The Bertz CT molecular complexity index is 589. The summed E-state index contributed by atoms with van der Waals surface area (Å²) in [6.07, 6.45) is -4.69. The lowest BCUT2D eigenvalue weighted by Crippen LogP contribution is -2.56. The zero-order valence-electron chi connectivity index (χ0n) is 13.6. The number of hydrogen-bond donors (Lipinski definition) is 3. The Balaban J connectivity index is 1.63. The van der Waals surface area contributed by atoms with Crippen LogP contribution in [0.25, 0.3) is 0 Å². The summed E-state index contributed by atoms with van der Waals surface area (Å²) < 4.78 is 39.4. The first-order valence-corrected chi connectivity index (χ1v) is 8.28. The van der Waals surface area contributed by atoms with Gasteiger partial charge in [0.15, 0.2) is 0 Å². The highest BCUT2D eigenvalue weighted by molar-refractivity contribution is 5.54. The maximum atomic E-state index is 13.1. The number of nitrogens with zero attached hydrogens (tertiary/aromatic N) is 3. The lowest BCUT2D eigenvalue weighted by Gasteiger charge is -2.38. The van der Waals surface area contributed by atoms with Crippen LogP contribution in [-0.4, -0.2) is 76.2 Å². The molecule has 0 aromatic carbocycles. The normalized spacial score (nSPS) is 31.5. The van der Waals surface area contributed by atoms with Crippen molar-refractivity contribution in [1.82, 2.24) is 9.88 Å². The topological polar surface area (TPSA) is 80.1 Å². The Morgan fingerprint density at radius 3 is 2.44 bits per heavy atom. The molecule has 9 heteroatoms. The summed E-state index contributed by atoms with van der Waals surface area (Å²) in [7, 11) is 0. The van der Waals surface area contributed by atoms with Gasteiger partial charge in [-0.1, -0.05) is 0 Å². The highest BCUT2D eigenvalue weighted by atomic mass is 19.4. The Morgan fingerprint density at radius 1 is 1.12 bits per heavy atom. The third-order valence-corrected chi connectivity index (χ3v) is 4.93. The number of β-amino-alcohol motifs (C(OH)–C–C–N with tert-alkyl or cyclic N) is 2. The molecule has 140 valence electrons. The van der Waals surface area contributed by atoms with Crippen LogP contribution in [0.5, 0.6) is 0 Å². The molecule has 25 heavy (non-hydrogen) atoms. The van der Waals surface area contributed by atoms with E-state index in [2.05, 4.69) is 4.98 Å². The van der Waals surface area contributed by atoms with Gasteiger partial charge >= 0.3 is 6.18 Å². The van der Waals surface area contributed by atoms with E-state index in [0.29, 0.717) is 19.6 Å². The second-order valence-electron chi connectivity index (χ2n) is 6.84. The number of aliphatic hydroxyl groups excluding tert-OH is 3. The molecule has 0 saturated carbocycles. The molecule has 2 fully saturated rings. The fourth-order valence-corrected chi connectivity index (χ4v) is 3.67. The van der Waals surface area contributed by atoms with E-state index in [1.807, 2.05) is 4.90 Å². The number of hydrogen-bond acceptors (Lipinski definition) is 6. The van der Waals surface area contributed by atoms with Gasteiger partial charge in [-0.05, 0) is 18.4 Å². The number of pyridine rings is 1. The monoisotopic (exact) mass is 361 g/mol. The molecule has 0 amide bonds. The molecule has 0 radical (unpaired) electrons. The Hall–Kier alpha value is -1.42. The molecule has 2 aliphatic heterocycles. The lowest BCUT2D eigenvalue weighted by molar-refractivity contribution is -0.137. The van der Waals surface area contributed by atoms with Crippen molar-refractivity contribution in [3.8, 4) is 0 Å². The molecule has 0 aliphatic carbocycles. The van der Waals surface area contributed by atoms with Gasteiger partial charge in [0.1, 0.15) is 6.10 Å². The highest BCUT2D eigenvalue weighted by Crippen LogP contribution is 2.37. The standard InChI is InChI=1S/C16H22F3N3O3/c17-16(18,19)11-5-20-3-1-12(11)22-4-2-10(7-22)6-21-8-13(23)15(25)14(24)9-21/h1,3,5,10,13-15,23-25H,2,4,6-9H2/t10-,13-,14+,15?/m1/s1. The average Bonchev–Trinajstić information content (AvgIpc) is 3.00. The lowest BCUT2D eigenvalue weighted by atomic mass is 10.00. The number of alkyl halides is 3. The van der Waals surface area contributed by atoms with E-state index in [0.717, 1.165) is 12.6 Å². The fourth-order valence-electron chi connectivity index (χ4n) is 3.67. The number of anilines is 1. The Kier molecular flexibility index (Phi) is 5.19. The van der Waals surface area contributed by atoms with Crippen molar-refractivity contribution >= 4 is 5.69 Å². The van der Waals surface area contributed by atoms with Crippen molar-refractivity contribution in [3.63, 3.8) is 0 Å². The molecule has 3 rings (SSSR count). The molecule has 1 unspecified atom stereocenters. The first kappa shape index (κ1) is 18.4. The largest absolute Gasteiger partial charge is 0.419 e. The minimum absolute atomic E-state index is 0.129. The van der Waals surface area contributed by atoms with Crippen molar-refractivity contribution in [1.29, 1.82) is 0 Å². The maximum absolute atomic E-state index is 13.1. The van der Waals surface area contributed by atoms with Crippen molar-refractivity contribution < 1.29 is 28.5 Å². The second-order valence-corrected chi connectivity index (χ2v) is 6.84. The zero-order chi connectivity index (χ0) is 18.2. The van der Waals surface area contributed by atoms with Gasteiger partial charge in [-0.2, -0.15) is 13.2 Å². The molecule has 6 nitrogen and oxygen atoms in total. The van der Waals surface area contributed by atoms with Crippen molar-refractivity contribution in [2.45, 2.75) is 30.9 Å². The van der Waals surface area contributed by atoms with Crippen LogP contribution in [0.2, 0.25) is 0 Å². The van der Waals surface area contributed by atoms with Gasteiger partial charge in [-0.15, -0.1) is 0 Å². The van der Waals surface area contributed by atoms with E-state index in [1.54, 1.807) is 4.90 Å². The smallest absolute Gasteiger partial charge is 0.389 e. The first-order chi connectivity index (χ1) is 11.8. The van der Waals surface area contributed by atoms with E-state index in [9.17, 15) is 28.5 Å². The van der Waals surface area contributed by atoms with Crippen LogP contribution < -0.4 is 4.90 Å². The molecule has 1 aromatic heterocycles. The van der Waals surface area contributed by atoms with Crippen LogP contribution in [0.1, 0.15) is 12.0 Å².